The molecule has 1 amide bonds. The number of ether oxygens (including phenoxy) is 1. The van der Waals surface area contributed by atoms with Crippen LogP contribution in [-0.2, 0) is 26.1 Å². The Morgan fingerprint density at radius 2 is 1.87 bits per heavy atom. The summed E-state index contributed by atoms with van der Waals surface area (Å²) in [7, 11) is -3.79. The zero-order chi connectivity index (χ0) is 22.6. The van der Waals surface area contributed by atoms with Crippen LogP contribution in [0.2, 0.25) is 0 Å². The molecule has 31 heavy (non-hydrogen) atoms. The Bertz CT molecular complexity index is 1070. The monoisotopic (exact) mass is 484 g/mol. The Kier molecular flexibility index (Phi) is 7.63. The molecule has 168 valence electrons. The molecular formula is C20H24N2O6S3. The molecule has 0 aliphatic carbocycles. The zero-order valence-electron chi connectivity index (χ0n) is 17.3. The van der Waals surface area contributed by atoms with E-state index in [1.54, 1.807) is 12.1 Å². The number of amides is 1. The second-order valence-corrected chi connectivity index (χ2v) is 11.2. The number of esters is 1. The van der Waals surface area contributed by atoms with Crippen molar-refractivity contribution in [3.8, 4) is 0 Å². The predicted molar refractivity (Wildman–Crippen MR) is 118 cm³/mol. The van der Waals surface area contributed by atoms with Gasteiger partial charge in [-0.15, -0.1) is 22.7 Å². The lowest BCUT2D eigenvalue weighted by Crippen LogP contribution is -2.36. The summed E-state index contributed by atoms with van der Waals surface area (Å²) in [6.45, 7) is 4.04. The molecule has 0 unspecified atom stereocenters. The molecule has 2 aromatic heterocycles. The van der Waals surface area contributed by atoms with E-state index in [1.165, 1.54) is 40.9 Å². The van der Waals surface area contributed by atoms with Gasteiger partial charge >= 0.3 is 5.97 Å². The fourth-order valence-electron chi connectivity index (χ4n) is 3.18. The average Bonchev–Trinajstić information content (AvgIpc) is 3.42. The van der Waals surface area contributed by atoms with E-state index >= 15 is 0 Å². The number of nitrogens with one attached hydrogen (secondary N) is 1. The SMILES string of the molecule is CC(=O)NCc1ccc(C(=O)[C@H](C)OC(=O)c2sccc2S(=O)(=O)N2CCCCC2)s1. The summed E-state index contributed by atoms with van der Waals surface area (Å²) >= 11 is 2.19. The van der Waals surface area contributed by atoms with E-state index in [-0.39, 0.29) is 21.5 Å². The van der Waals surface area contributed by atoms with Crippen molar-refractivity contribution in [1.82, 2.24) is 9.62 Å². The van der Waals surface area contributed by atoms with Crippen LogP contribution in [-0.4, -0.2) is 49.6 Å². The molecule has 3 rings (SSSR count). The highest BCUT2D eigenvalue weighted by atomic mass is 32.2. The number of Topliss-reactive ketones (excluding diaryl/α,β-unsaturated/α-hetero) is 1. The summed E-state index contributed by atoms with van der Waals surface area (Å²) in [6.07, 6.45) is 1.49. The third-order valence-electron chi connectivity index (χ3n) is 4.82. The molecule has 1 aliphatic rings. The van der Waals surface area contributed by atoms with E-state index in [0.29, 0.717) is 24.5 Å². The van der Waals surface area contributed by atoms with Crippen molar-refractivity contribution >= 4 is 50.4 Å². The summed E-state index contributed by atoms with van der Waals surface area (Å²) < 4.78 is 32.6. The molecule has 3 heterocycles. The molecule has 0 bridgehead atoms. The van der Waals surface area contributed by atoms with E-state index in [9.17, 15) is 22.8 Å². The average molecular weight is 485 g/mol. The standard InChI is InChI=1S/C20H24N2O6S3/c1-13(18(24)16-7-6-15(30-16)12-21-14(2)23)28-20(25)19-17(8-11-29-19)31(26,27)22-9-4-3-5-10-22/h6-8,11,13H,3-5,9-10,12H2,1-2H3,(H,21,23)/t13-/m0/s1. The van der Waals surface area contributed by atoms with Crippen LogP contribution >= 0.6 is 22.7 Å². The minimum Gasteiger partial charge on any atom is -0.450 e. The largest absolute Gasteiger partial charge is 0.450 e. The Balaban J connectivity index is 1.69. The van der Waals surface area contributed by atoms with Crippen molar-refractivity contribution in [2.45, 2.75) is 50.7 Å². The number of nitrogens with zero attached hydrogens (tertiary/aromatic N) is 1. The lowest BCUT2D eigenvalue weighted by atomic mass is 10.2. The minimum atomic E-state index is -3.79. The molecule has 1 N–H and O–H groups in total. The third-order valence-corrected chi connectivity index (χ3v) is 8.88. The Morgan fingerprint density at radius 1 is 1.16 bits per heavy atom. The lowest BCUT2D eigenvalue weighted by molar-refractivity contribution is -0.119. The van der Waals surface area contributed by atoms with Gasteiger partial charge in [-0.2, -0.15) is 4.31 Å². The molecule has 0 radical (unpaired) electrons. The number of carbonyl (C=O) groups is 3. The Labute approximate surface area is 189 Å². The lowest BCUT2D eigenvalue weighted by Gasteiger charge is -2.25. The van der Waals surface area contributed by atoms with Crippen molar-refractivity contribution in [3.63, 3.8) is 0 Å². The molecule has 2 aromatic rings. The van der Waals surface area contributed by atoms with Crippen molar-refractivity contribution < 1.29 is 27.5 Å². The molecular weight excluding hydrogens is 460 g/mol. The van der Waals surface area contributed by atoms with E-state index < -0.39 is 22.1 Å². The van der Waals surface area contributed by atoms with Gasteiger partial charge in [0.25, 0.3) is 0 Å². The highest BCUT2D eigenvalue weighted by Gasteiger charge is 2.32. The number of rotatable bonds is 8. The molecule has 1 saturated heterocycles. The van der Waals surface area contributed by atoms with Crippen LogP contribution in [0, 0.1) is 0 Å². The fraction of sp³-hybridized carbons (Fsp3) is 0.450. The number of thiophene rings is 2. The topological polar surface area (TPSA) is 110 Å². The Morgan fingerprint density at radius 3 is 2.55 bits per heavy atom. The summed E-state index contributed by atoms with van der Waals surface area (Å²) in [5, 5.41) is 4.19. The smallest absolute Gasteiger partial charge is 0.350 e. The van der Waals surface area contributed by atoms with Crippen LogP contribution in [0.25, 0.3) is 0 Å². The van der Waals surface area contributed by atoms with E-state index in [0.717, 1.165) is 35.5 Å². The molecule has 0 saturated carbocycles. The summed E-state index contributed by atoms with van der Waals surface area (Å²) in [5.74, 6) is -1.39. The Hall–Kier alpha value is -2.08. The fourth-order valence-corrected chi connectivity index (χ4v) is 6.93. The van der Waals surface area contributed by atoms with Crippen LogP contribution in [0.1, 0.15) is 57.3 Å². The van der Waals surface area contributed by atoms with Crippen LogP contribution in [0.4, 0.5) is 0 Å². The molecule has 1 aliphatic heterocycles. The van der Waals surface area contributed by atoms with E-state index in [4.69, 9.17) is 4.74 Å². The van der Waals surface area contributed by atoms with Crippen molar-refractivity contribution in [3.05, 3.63) is 38.2 Å². The quantitative estimate of drug-likeness (QED) is 0.456. The van der Waals surface area contributed by atoms with Gasteiger partial charge in [-0.05, 0) is 43.3 Å². The van der Waals surface area contributed by atoms with Gasteiger partial charge in [0.2, 0.25) is 21.7 Å². The minimum absolute atomic E-state index is 0.0252. The summed E-state index contributed by atoms with van der Waals surface area (Å²) in [4.78, 5) is 37.5. The van der Waals surface area contributed by atoms with E-state index in [2.05, 4.69) is 5.32 Å². The first-order chi connectivity index (χ1) is 14.7. The first-order valence-electron chi connectivity index (χ1n) is 9.86. The number of hydrogen-bond donors (Lipinski definition) is 1. The van der Waals surface area contributed by atoms with Gasteiger partial charge in [-0.1, -0.05) is 6.42 Å². The van der Waals surface area contributed by atoms with Gasteiger partial charge in [-0.3, -0.25) is 9.59 Å². The van der Waals surface area contributed by atoms with Gasteiger partial charge in [0.15, 0.2) is 6.10 Å². The van der Waals surface area contributed by atoms with E-state index in [1.807, 2.05) is 0 Å². The first kappa shape index (κ1) is 23.6. The molecule has 0 spiro atoms. The van der Waals surface area contributed by atoms with Crippen molar-refractivity contribution in [1.29, 1.82) is 0 Å². The number of ketones is 1. The predicted octanol–water partition coefficient (Wildman–Crippen LogP) is 3.05. The van der Waals surface area contributed by atoms with Crippen molar-refractivity contribution in [2.75, 3.05) is 13.1 Å². The van der Waals surface area contributed by atoms with Crippen molar-refractivity contribution in [2.24, 2.45) is 0 Å². The normalized spacial score (nSPS) is 15.9. The molecule has 8 nitrogen and oxygen atoms in total. The molecule has 1 atom stereocenters. The number of sulfonamides is 1. The molecule has 1 fully saturated rings. The highest BCUT2D eigenvalue weighted by molar-refractivity contribution is 7.89. The highest BCUT2D eigenvalue weighted by Crippen LogP contribution is 2.28. The first-order valence-corrected chi connectivity index (χ1v) is 13.0. The maximum atomic E-state index is 13.0. The van der Waals surface area contributed by atoms with Crippen LogP contribution in [0.3, 0.4) is 0 Å². The maximum Gasteiger partial charge on any atom is 0.350 e. The summed E-state index contributed by atoms with van der Waals surface area (Å²) in [6, 6.07) is 4.75. The van der Waals surface area contributed by atoms with Crippen LogP contribution in [0.15, 0.2) is 28.5 Å². The molecule has 0 aromatic carbocycles. The maximum absolute atomic E-state index is 13.0. The van der Waals surface area contributed by atoms with Gasteiger partial charge in [0.05, 0.1) is 11.4 Å². The second-order valence-electron chi connectivity index (χ2n) is 7.17. The number of piperidine rings is 1. The second kappa shape index (κ2) is 10.0. The number of hydrogen-bond acceptors (Lipinski definition) is 8. The van der Waals surface area contributed by atoms with Gasteiger partial charge in [-0.25, -0.2) is 13.2 Å². The van der Waals surface area contributed by atoms with Gasteiger partial charge in [0, 0.05) is 24.9 Å². The van der Waals surface area contributed by atoms with Crippen LogP contribution in [0.5, 0.6) is 0 Å². The molecule has 11 heteroatoms. The van der Waals surface area contributed by atoms with Crippen LogP contribution < -0.4 is 5.32 Å². The van der Waals surface area contributed by atoms with Gasteiger partial charge < -0.3 is 10.1 Å². The van der Waals surface area contributed by atoms with Gasteiger partial charge in [0.1, 0.15) is 9.77 Å². The summed E-state index contributed by atoms with van der Waals surface area (Å²) in [5.41, 5.74) is 0. The zero-order valence-corrected chi connectivity index (χ0v) is 19.7. The number of carbonyl (C=O) groups excluding carboxylic acids is 3. The third kappa shape index (κ3) is 5.59.